The SMILES string of the molecule is COc1ccc(C(=O)N2CCC([C@H](NC(=O)c3ccc(C)cc3)C(=O)N3CCCC3)CC2)cc1. The van der Waals surface area contributed by atoms with Gasteiger partial charge in [0.15, 0.2) is 0 Å². The van der Waals surface area contributed by atoms with Gasteiger partial charge in [-0.15, -0.1) is 0 Å². The number of aryl methyl sites for hydroxylation is 1. The first-order valence-electron chi connectivity index (χ1n) is 12.1. The minimum Gasteiger partial charge on any atom is -0.497 e. The van der Waals surface area contributed by atoms with E-state index in [1.54, 1.807) is 43.5 Å². The second kappa shape index (κ2) is 10.7. The smallest absolute Gasteiger partial charge is 0.253 e. The standard InChI is InChI=1S/C27H33N3O4/c1-19-5-7-21(8-6-19)25(31)28-24(27(33)29-15-3-4-16-29)20-13-17-30(18-14-20)26(32)22-9-11-23(34-2)12-10-22/h5-12,20,24H,3-4,13-18H2,1-2H3,(H,28,31)/t24-/m0/s1. The average Bonchev–Trinajstić information content (AvgIpc) is 3.42. The highest BCUT2D eigenvalue weighted by atomic mass is 16.5. The molecule has 0 saturated carbocycles. The molecule has 7 nitrogen and oxygen atoms in total. The number of carbonyl (C=O) groups excluding carboxylic acids is 3. The fourth-order valence-corrected chi connectivity index (χ4v) is 4.80. The van der Waals surface area contributed by atoms with Crippen LogP contribution in [0.3, 0.4) is 0 Å². The molecule has 0 aromatic heterocycles. The summed E-state index contributed by atoms with van der Waals surface area (Å²) in [6.45, 7) is 4.57. The molecule has 2 saturated heterocycles. The number of rotatable bonds is 6. The largest absolute Gasteiger partial charge is 0.497 e. The Bertz CT molecular complexity index is 1010. The number of nitrogens with one attached hydrogen (secondary N) is 1. The van der Waals surface area contributed by atoms with Crippen molar-refractivity contribution in [2.75, 3.05) is 33.3 Å². The Kier molecular flexibility index (Phi) is 7.50. The zero-order valence-corrected chi connectivity index (χ0v) is 20.0. The number of hydrogen-bond donors (Lipinski definition) is 1. The van der Waals surface area contributed by atoms with E-state index in [0.29, 0.717) is 42.8 Å². The molecule has 0 aliphatic carbocycles. The Morgan fingerprint density at radius 2 is 1.44 bits per heavy atom. The molecule has 0 unspecified atom stereocenters. The van der Waals surface area contributed by atoms with Gasteiger partial charge in [-0.3, -0.25) is 14.4 Å². The summed E-state index contributed by atoms with van der Waals surface area (Å²) in [5.74, 6) is 0.449. The van der Waals surface area contributed by atoms with E-state index in [1.807, 2.05) is 28.9 Å². The second-order valence-corrected chi connectivity index (χ2v) is 9.21. The Balaban J connectivity index is 1.43. The Morgan fingerprint density at radius 3 is 2.03 bits per heavy atom. The van der Waals surface area contributed by atoms with Crippen molar-refractivity contribution >= 4 is 17.7 Å². The summed E-state index contributed by atoms with van der Waals surface area (Å²) >= 11 is 0. The van der Waals surface area contributed by atoms with E-state index >= 15 is 0 Å². The lowest BCUT2D eigenvalue weighted by atomic mass is 9.88. The highest BCUT2D eigenvalue weighted by Gasteiger charge is 2.37. The van der Waals surface area contributed by atoms with E-state index in [-0.39, 0.29) is 23.6 Å². The topological polar surface area (TPSA) is 79.0 Å². The lowest BCUT2D eigenvalue weighted by molar-refractivity contribution is -0.134. The maximum absolute atomic E-state index is 13.4. The summed E-state index contributed by atoms with van der Waals surface area (Å²) in [5, 5.41) is 3.04. The molecular weight excluding hydrogens is 430 g/mol. The van der Waals surface area contributed by atoms with E-state index in [4.69, 9.17) is 4.74 Å². The summed E-state index contributed by atoms with van der Waals surface area (Å²) in [7, 11) is 1.60. The summed E-state index contributed by atoms with van der Waals surface area (Å²) in [5.41, 5.74) is 2.25. The highest BCUT2D eigenvalue weighted by Crippen LogP contribution is 2.25. The molecule has 0 radical (unpaired) electrons. The number of piperidine rings is 1. The highest BCUT2D eigenvalue weighted by molar-refractivity contribution is 5.98. The van der Waals surface area contributed by atoms with Crippen LogP contribution in [-0.4, -0.2) is 66.9 Å². The molecule has 2 fully saturated rings. The fraction of sp³-hybridized carbons (Fsp3) is 0.444. The monoisotopic (exact) mass is 463 g/mol. The zero-order valence-electron chi connectivity index (χ0n) is 20.0. The van der Waals surface area contributed by atoms with E-state index in [9.17, 15) is 14.4 Å². The van der Waals surface area contributed by atoms with Gasteiger partial charge in [-0.05, 0) is 74.9 Å². The fourth-order valence-electron chi connectivity index (χ4n) is 4.80. The van der Waals surface area contributed by atoms with Crippen molar-refractivity contribution in [3.8, 4) is 5.75 Å². The Labute approximate surface area is 201 Å². The first-order valence-corrected chi connectivity index (χ1v) is 12.1. The molecule has 34 heavy (non-hydrogen) atoms. The predicted molar refractivity (Wildman–Crippen MR) is 130 cm³/mol. The van der Waals surface area contributed by atoms with E-state index in [0.717, 1.165) is 31.5 Å². The van der Waals surface area contributed by atoms with Gasteiger partial charge in [0.25, 0.3) is 11.8 Å². The van der Waals surface area contributed by atoms with Gasteiger partial charge in [0, 0.05) is 37.3 Å². The van der Waals surface area contributed by atoms with Gasteiger partial charge in [0.2, 0.25) is 5.91 Å². The van der Waals surface area contributed by atoms with Gasteiger partial charge in [0.05, 0.1) is 7.11 Å². The summed E-state index contributed by atoms with van der Waals surface area (Å²) < 4.78 is 5.17. The maximum atomic E-state index is 13.4. The molecule has 1 atom stereocenters. The molecule has 7 heteroatoms. The Hall–Kier alpha value is -3.35. The number of nitrogens with zero attached hydrogens (tertiary/aromatic N) is 2. The summed E-state index contributed by atoms with van der Waals surface area (Å²) in [4.78, 5) is 43.0. The first-order chi connectivity index (χ1) is 16.5. The van der Waals surface area contributed by atoms with Crippen LogP contribution in [0.5, 0.6) is 5.75 Å². The molecule has 2 aromatic rings. The van der Waals surface area contributed by atoms with Crippen LogP contribution < -0.4 is 10.1 Å². The van der Waals surface area contributed by atoms with Crippen LogP contribution in [0.25, 0.3) is 0 Å². The molecule has 2 aliphatic heterocycles. The molecule has 180 valence electrons. The van der Waals surface area contributed by atoms with Crippen LogP contribution >= 0.6 is 0 Å². The van der Waals surface area contributed by atoms with Crippen molar-refractivity contribution in [1.82, 2.24) is 15.1 Å². The van der Waals surface area contributed by atoms with Crippen molar-refractivity contribution < 1.29 is 19.1 Å². The number of likely N-dealkylation sites (tertiary alicyclic amines) is 2. The number of ether oxygens (including phenoxy) is 1. The average molecular weight is 464 g/mol. The lowest BCUT2D eigenvalue weighted by Crippen LogP contribution is -2.54. The van der Waals surface area contributed by atoms with Crippen molar-refractivity contribution in [1.29, 1.82) is 0 Å². The summed E-state index contributed by atoms with van der Waals surface area (Å²) in [6, 6.07) is 13.9. The number of methoxy groups -OCH3 is 1. The van der Waals surface area contributed by atoms with E-state index in [1.165, 1.54) is 0 Å². The van der Waals surface area contributed by atoms with Gasteiger partial charge in [-0.1, -0.05) is 17.7 Å². The minimum absolute atomic E-state index is 0.00195. The molecule has 1 N–H and O–H groups in total. The number of amides is 3. The number of carbonyl (C=O) groups is 3. The third-order valence-corrected chi connectivity index (χ3v) is 6.92. The molecule has 4 rings (SSSR count). The third-order valence-electron chi connectivity index (χ3n) is 6.92. The van der Waals surface area contributed by atoms with Crippen LogP contribution in [0.15, 0.2) is 48.5 Å². The number of benzene rings is 2. The van der Waals surface area contributed by atoms with Crippen molar-refractivity contribution in [3.63, 3.8) is 0 Å². The Morgan fingerprint density at radius 1 is 0.853 bits per heavy atom. The minimum atomic E-state index is -0.579. The molecule has 0 bridgehead atoms. The van der Waals surface area contributed by atoms with E-state index in [2.05, 4.69) is 5.32 Å². The van der Waals surface area contributed by atoms with Crippen molar-refractivity contribution in [2.45, 2.75) is 38.6 Å². The third kappa shape index (κ3) is 5.41. The maximum Gasteiger partial charge on any atom is 0.253 e. The molecule has 3 amide bonds. The molecule has 2 aromatic carbocycles. The second-order valence-electron chi connectivity index (χ2n) is 9.21. The molecule has 2 heterocycles. The van der Waals surface area contributed by atoms with Crippen LogP contribution in [0.2, 0.25) is 0 Å². The van der Waals surface area contributed by atoms with Gasteiger partial charge in [0.1, 0.15) is 11.8 Å². The lowest BCUT2D eigenvalue weighted by Gasteiger charge is -2.37. The van der Waals surface area contributed by atoms with Crippen molar-refractivity contribution in [3.05, 3.63) is 65.2 Å². The molecule has 0 spiro atoms. The van der Waals surface area contributed by atoms with Crippen molar-refractivity contribution in [2.24, 2.45) is 5.92 Å². The summed E-state index contributed by atoms with van der Waals surface area (Å²) in [6.07, 6.45) is 3.33. The van der Waals surface area contributed by atoms with Crippen LogP contribution in [0, 0.1) is 12.8 Å². The predicted octanol–water partition coefficient (Wildman–Crippen LogP) is 3.28. The van der Waals surface area contributed by atoms with Crippen LogP contribution in [0.4, 0.5) is 0 Å². The van der Waals surface area contributed by atoms with Gasteiger partial charge in [-0.2, -0.15) is 0 Å². The van der Waals surface area contributed by atoms with Crippen LogP contribution in [0.1, 0.15) is 52.0 Å². The first kappa shape index (κ1) is 23.8. The quantitative estimate of drug-likeness (QED) is 0.713. The zero-order chi connectivity index (χ0) is 24.1. The normalized spacial score (nSPS) is 17.4. The van der Waals surface area contributed by atoms with Gasteiger partial charge in [-0.25, -0.2) is 0 Å². The van der Waals surface area contributed by atoms with Gasteiger partial charge >= 0.3 is 0 Å². The van der Waals surface area contributed by atoms with Gasteiger partial charge < -0.3 is 19.9 Å². The van der Waals surface area contributed by atoms with E-state index < -0.39 is 6.04 Å². The van der Waals surface area contributed by atoms with Crippen LogP contribution in [-0.2, 0) is 4.79 Å². The number of hydrogen-bond acceptors (Lipinski definition) is 4. The molecular formula is C27H33N3O4. The molecule has 2 aliphatic rings.